The number of nitrogens with one attached hydrogen (secondary N) is 1. The van der Waals surface area contributed by atoms with Gasteiger partial charge in [0.1, 0.15) is 0 Å². The lowest BCUT2D eigenvalue weighted by molar-refractivity contribution is -0.0231. The second-order valence-electron chi connectivity index (χ2n) is 10.2. The van der Waals surface area contributed by atoms with Crippen LogP contribution in [0, 0.1) is 0 Å². The van der Waals surface area contributed by atoms with Crippen LogP contribution in [0.3, 0.4) is 0 Å². The molecule has 0 atom stereocenters. The van der Waals surface area contributed by atoms with Crippen molar-refractivity contribution in [2.45, 2.75) is 37.5 Å². The second kappa shape index (κ2) is 25.7. The number of hydrogen-bond acceptors (Lipinski definition) is 15. The molecule has 0 spiro atoms. The number of carbonyl (C=O) groups excluding carboxylic acids is 1. The first-order valence-electron chi connectivity index (χ1n) is 16.1. The van der Waals surface area contributed by atoms with E-state index in [4.69, 9.17) is 43.6 Å². The van der Waals surface area contributed by atoms with Gasteiger partial charge in [0.05, 0.1) is 141 Å². The number of rotatable bonds is 31. The first kappa shape index (κ1) is 39.1. The molecule has 1 aliphatic heterocycles. The fraction of sp³-hybridized carbons (Fsp3) is 0.767. The average molecular weight is 686 g/mol. The topological polar surface area (TPSA) is 185 Å². The Bertz CT molecular complexity index is 1120. The molecule has 266 valence electrons. The van der Waals surface area contributed by atoms with Gasteiger partial charge in [-0.15, -0.1) is 5.10 Å². The number of hydrogen-bond donors (Lipinski definition) is 2. The van der Waals surface area contributed by atoms with Gasteiger partial charge >= 0.3 is 0 Å². The summed E-state index contributed by atoms with van der Waals surface area (Å²) in [6, 6.07) is 0. The molecule has 0 saturated heterocycles. The standard InChI is InChI=1S/C30H51N7O9S/c1-47-30-33-26(28-27(34-30)23-32-29(28)38)4-2-3-25-24-37(36-35-25)6-8-40-10-12-42-14-16-44-18-20-46-22-21-45-19-17-43-15-13-41-11-9-39-7-5-31/h24H,2-23,31H2,1H3,(H,32,38). The molecule has 2 aromatic heterocycles. The minimum Gasteiger partial charge on any atom is -0.378 e. The number of aromatic nitrogens is 5. The highest BCUT2D eigenvalue weighted by Gasteiger charge is 2.25. The zero-order valence-corrected chi connectivity index (χ0v) is 28.3. The molecule has 3 heterocycles. The normalized spacial score (nSPS) is 12.6. The average Bonchev–Trinajstić information content (AvgIpc) is 3.70. The Hall–Kier alpha value is -2.32. The Labute approximate surface area is 281 Å². The first-order chi connectivity index (χ1) is 23.2. The van der Waals surface area contributed by atoms with Crippen molar-refractivity contribution in [1.29, 1.82) is 0 Å². The first-order valence-corrected chi connectivity index (χ1v) is 17.4. The summed E-state index contributed by atoms with van der Waals surface area (Å²) in [5, 5.41) is 12.0. The number of ether oxygens (including phenoxy) is 8. The Morgan fingerprint density at radius 2 is 1.26 bits per heavy atom. The fourth-order valence-corrected chi connectivity index (χ4v) is 4.73. The van der Waals surface area contributed by atoms with E-state index in [0.717, 1.165) is 29.9 Å². The molecular formula is C30H51N7O9S. The summed E-state index contributed by atoms with van der Waals surface area (Å²) in [6.07, 6.45) is 6.10. The van der Waals surface area contributed by atoms with E-state index >= 15 is 0 Å². The summed E-state index contributed by atoms with van der Waals surface area (Å²) < 4.78 is 45.4. The predicted molar refractivity (Wildman–Crippen MR) is 173 cm³/mol. The van der Waals surface area contributed by atoms with Gasteiger partial charge in [-0.3, -0.25) is 4.79 Å². The van der Waals surface area contributed by atoms with E-state index in [-0.39, 0.29) is 5.91 Å². The van der Waals surface area contributed by atoms with Crippen LogP contribution < -0.4 is 11.1 Å². The number of aryl methyl sites for hydroxylation is 2. The van der Waals surface area contributed by atoms with Crippen LogP contribution in [0.4, 0.5) is 0 Å². The second-order valence-corrected chi connectivity index (χ2v) is 10.9. The lowest BCUT2D eigenvalue weighted by atomic mass is 10.1. The lowest BCUT2D eigenvalue weighted by Gasteiger charge is -2.08. The number of amides is 1. The maximum atomic E-state index is 12.2. The van der Waals surface area contributed by atoms with Crippen molar-refractivity contribution in [3.05, 3.63) is 28.8 Å². The van der Waals surface area contributed by atoms with Crippen LogP contribution >= 0.6 is 11.8 Å². The summed E-state index contributed by atoms with van der Waals surface area (Å²) in [6.45, 7) is 9.80. The van der Waals surface area contributed by atoms with Crippen molar-refractivity contribution in [2.24, 2.45) is 5.73 Å². The van der Waals surface area contributed by atoms with Crippen LogP contribution in [0.15, 0.2) is 11.4 Å². The minimum absolute atomic E-state index is 0.0922. The maximum Gasteiger partial charge on any atom is 0.255 e. The molecule has 0 saturated carbocycles. The summed E-state index contributed by atoms with van der Waals surface area (Å²) in [5.74, 6) is -0.0922. The van der Waals surface area contributed by atoms with Gasteiger partial charge in [0.15, 0.2) is 5.16 Å². The molecule has 2 aromatic rings. The van der Waals surface area contributed by atoms with Crippen molar-refractivity contribution in [2.75, 3.05) is 119 Å². The molecule has 0 radical (unpaired) electrons. The molecule has 1 amide bonds. The van der Waals surface area contributed by atoms with Gasteiger partial charge in [-0.2, -0.15) is 0 Å². The van der Waals surface area contributed by atoms with Gasteiger partial charge in [-0.05, 0) is 25.5 Å². The van der Waals surface area contributed by atoms with Crippen LogP contribution in [0.25, 0.3) is 0 Å². The molecule has 0 unspecified atom stereocenters. The Morgan fingerprint density at radius 3 is 1.77 bits per heavy atom. The number of nitrogens with two attached hydrogens (primary N) is 1. The van der Waals surface area contributed by atoms with Gasteiger partial charge in [0.25, 0.3) is 5.91 Å². The van der Waals surface area contributed by atoms with Crippen LogP contribution in [-0.4, -0.2) is 149 Å². The molecule has 3 N–H and O–H groups in total. The van der Waals surface area contributed by atoms with Crippen molar-refractivity contribution in [3.63, 3.8) is 0 Å². The molecule has 47 heavy (non-hydrogen) atoms. The van der Waals surface area contributed by atoms with E-state index in [9.17, 15) is 4.79 Å². The van der Waals surface area contributed by atoms with E-state index < -0.39 is 0 Å². The van der Waals surface area contributed by atoms with Crippen LogP contribution in [0.1, 0.15) is 33.9 Å². The quantitative estimate of drug-likeness (QED) is 0.0627. The van der Waals surface area contributed by atoms with Gasteiger partial charge in [-0.25, -0.2) is 14.6 Å². The lowest BCUT2D eigenvalue weighted by Crippen LogP contribution is -2.15. The van der Waals surface area contributed by atoms with Crippen molar-refractivity contribution in [1.82, 2.24) is 30.3 Å². The number of nitrogens with zero attached hydrogens (tertiary/aromatic N) is 5. The third-order valence-corrected chi connectivity index (χ3v) is 7.18. The maximum absolute atomic E-state index is 12.2. The number of carbonyl (C=O) groups is 1. The Kier molecular flexibility index (Phi) is 21.4. The summed E-state index contributed by atoms with van der Waals surface area (Å²) in [5.41, 5.74) is 8.44. The summed E-state index contributed by atoms with van der Waals surface area (Å²) in [7, 11) is 0. The highest BCUT2D eigenvalue weighted by molar-refractivity contribution is 7.98. The molecule has 17 heteroatoms. The van der Waals surface area contributed by atoms with Crippen LogP contribution in [-0.2, 0) is 63.8 Å². The van der Waals surface area contributed by atoms with E-state index in [0.29, 0.717) is 142 Å². The Balaban J connectivity index is 1.04. The monoisotopic (exact) mass is 685 g/mol. The SMILES string of the molecule is CSc1nc(CCCc2cn(CCOCCOCCOCCOCCOCCOCCOCCOCCN)nn2)c2c(n1)CNC2=O. The molecule has 16 nitrogen and oxygen atoms in total. The largest absolute Gasteiger partial charge is 0.378 e. The third-order valence-electron chi connectivity index (χ3n) is 6.63. The van der Waals surface area contributed by atoms with Crippen molar-refractivity contribution < 1.29 is 42.7 Å². The highest BCUT2D eigenvalue weighted by Crippen LogP contribution is 2.22. The van der Waals surface area contributed by atoms with E-state index in [1.165, 1.54) is 11.8 Å². The minimum atomic E-state index is -0.0922. The van der Waals surface area contributed by atoms with E-state index in [2.05, 4.69) is 25.6 Å². The molecule has 3 rings (SSSR count). The highest BCUT2D eigenvalue weighted by atomic mass is 32.2. The van der Waals surface area contributed by atoms with Crippen LogP contribution in [0.5, 0.6) is 0 Å². The molecule has 0 bridgehead atoms. The van der Waals surface area contributed by atoms with Gasteiger partial charge < -0.3 is 48.9 Å². The van der Waals surface area contributed by atoms with Crippen molar-refractivity contribution >= 4 is 17.7 Å². The summed E-state index contributed by atoms with van der Waals surface area (Å²) in [4.78, 5) is 21.2. The van der Waals surface area contributed by atoms with E-state index in [1.54, 1.807) is 4.68 Å². The molecular weight excluding hydrogens is 634 g/mol. The van der Waals surface area contributed by atoms with Gasteiger partial charge in [0.2, 0.25) is 0 Å². The zero-order valence-electron chi connectivity index (χ0n) is 27.5. The van der Waals surface area contributed by atoms with Crippen molar-refractivity contribution in [3.8, 4) is 0 Å². The van der Waals surface area contributed by atoms with Crippen LogP contribution in [0.2, 0.25) is 0 Å². The molecule has 1 aliphatic rings. The van der Waals surface area contributed by atoms with Gasteiger partial charge in [-0.1, -0.05) is 17.0 Å². The smallest absolute Gasteiger partial charge is 0.255 e. The molecule has 0 fully saturated rings. The number of thioether (sulfide) groups is 1. The predicted octanol–water partition coefficient (Wildman–Crippen LogP) is 0.300. The molecule has 0 aliphatic carbocycles. The Morgan fingerprint density at radius 1 is 0.745 bits per heavy atom. The summed E-state index contributed by atoms with van der Waals surface area (Å²) >= 11 is 1.48. The zero-order chi connectivity index (χ0) is 33.2. The number of fused-ring (bicyclic) bond motifs is 1. The van der Waals surface area contributed by atoms with E-state index in [1.807, 2.05) is 12.5 Å². The fourth-order valence-electron chi connectivity index (χ4n) is 4.33. The molecule has 0 aromatic carbocycles. The van der Waals surface area contributed by atoms with Gasteiger partial charge in [0, 0.05) is 12.7 Å². The third kappa shape index (κ3) is 17.1.